The van der Waals surface area contributed by atoms with Crippen LogP contribution in [0.1, 0.15) is 12.0 Å². The third-order valence-corrected chi connectivity index (χ3v) is 5.11. The van der Waals surface area contributed by atoms with E-state index >= 15 is 0 Å². The Morgan fingerprint density at radius 1 is 1.32 bits per heavy atom. The van der Waals surface area contributed by atoms with Crippen molar-refractivity contribution in [3.8, 4) is 0 Å². The van der Waals surface area contributed by atoms with Crippen LogP contribution >= 0.6 is 0 Å². The third-order valence-electron chi connectivity index (χ3n) is 3.17. The molecule has 1 aromatic heterocycles. The number of hydrogen-bond acceptors (Lipinski definition) is 4. The largest absolute Gasteiger partial charge is 0.315 e. The van der Waals surface area contributed by atoms with Crippen molar-refractivity contribution < 1.29 is 8.42 Å². The van der Waals surface area contributed by atoms with Crippen LogP contribution in [-0.4, -0.2) is 55.2 Å². The Kier molecular flexibility index (Phi) is 4.87. The van der Waals surface area contributed by atoms with Crippen molar-refractivity contribution in [3.05, 3.63) is 30.1 Å². The lowest BCUT2D eigenvalue weighted by molar-refractivity contribution is 0.367. The summed E-state index contributed by atoms with van der Waals surface area (Å²) in [5, 5.41) is 3.21. The number of rotatable bonds is 4. The first kappa shape index (κ1) is 14.4. The summed E-state index contributed by atoms with van der Waals surface area (Å²) in [6.07, 6.45) is 4.19. The maximum atomic E-state index is 12.5. The number of hydrogen-bond donors (Lipinski definition) is 1. The fraction of sp³-hybridized carbons (Fsp3) is 0.583. The van der Waals surface area contributed by atoms with Crippen molar-refractivity contribution in [2.45, 2.75) is 13.0 Å². The fourth-order valence-corrected chi connectivity index (χ4v) is 3.46. The van der Waals surface area contributed by atoms with Gasteiger partial charge in [-0.15, -0.1) is 0 Å². The molecule has 0 atom stereocenters. The van der Waals surface area contributed by atoms with Gasteiger partial charge in [-0.05, 0) is 30.7 Å². The van der Waals surface area contributed by atoms with Gasteiger partial charge in [0.1, 0.15) is 0 Å². The highest BCUT2D eigenvalue weighted by Crippen LogP contribution is 2.12. The lowest BCUT2D eigenvalue weighted by atomic mass is 10.3. The van der Waals surface area contributed by atoms with E-state index in [-0.39, 0.29) is 0 Å². The molecule has 6 nitrogen and oxygen atoms in total. The molecule has 2 rings (SSSR count). The van der Waals surface area contributed by atoms with E-state index in [0.29, 0.717) is 26.2 Å². The minimum absolute atomic E-state index is 0.370. The fourth-order valence-electron chi connectivity index (χ4n) is 2.08. The second-order valence-corrected chi connectivity index (χ2v) is 6.66. The van der Waals surface area contributed by atoms with Crippen LogP contribution in [0.4, 0.5) is 0 Å². The van der Waals surface area contributed by atoms with Crippen molar-refractivity contribution in [2.24, 2.45) is 0 Å². The molecule has 1 aliphatic rings. The number of pyridine rings is 1. The quantitative estimate of drug-likeness (QED) is 0.849. The van der Waals surface area contributed by atoms with Crippen LogP contribution in [0, 0.1) is 0 Å². The molecule has 0 spiro atoms. The second-order valence-electron chi connectivity index (χ2n) is 4.62. The average Bonchev–Trinajstić information content (AvgIpc) is 2.69. The summed E-state index contributed by atoms with van der Waals surface area (Å²) in [5.41, 5.74) is 0.939. The Morgan fingerprint density at radius 2 is 2.05 bits per heavy atom. The van der Waals surface area contributed by atoms with Crippen molar-refractivity contribution >= 4 is 10.2 Å². The lowest BCUT2D eigenvalue weighted by Gasteiger charge is -2.26. The maximum Gasteiger partial charge on any atom is 0.282 e. The Morgan fingerprint density at radius 3 is 2.79 bits per heavy atom. The van der Waals surface area contributed by atoms with Crippen molar-refractivity contribution in [3.63, 3.8) is 0 Å². The molecule has 1 aromatic rings. The van der Waals surface area contributed by atoms with Crippen LogP contribution in [0.5, 0.6) is 0 Å². The zero-order valence-corrected chi connectivity index (χ0v) is 11.9. The Bertz CT molecular complexity index is 484. The van der Waals surface area contributed by atoms with Crippen molar-refractivity contribution in [2.75, 3.05) is 33.2 Å². The first-order chi connectivity index (χ1) is 9.10. The third kappa shape index (κ3) is 3.73. The summed E-state index contributed by atoms with van der Waals surface area (Å²) in [4.78, 5) is 3.93. The highest BCUT2D eigenvalue weighted by molar-refractivity contribution is 7.86. The van der Waals surface area contributed by atoms with Crippen LogP contribution in [-0.2, 0) is 16.8 Å². The molecule has 0 unspecified atom stereocenters. The molecule has 0 saturated carbocycles. The molecule has 106 valence electrons. The van der Waals surface area contributed by atoms with Gasteiger partial charge in [-0.1, -0.05) is 0 Å². The van der Waals surface area contributed by atoms with E-state index in [0.717, 1.165) is 18.5 Å². The predicted molar refractivity (Wildman–Crippen MR) is 73.7 cm³/mol. The SMILES string of the molecule is CN(Cc1ccncc1)S(=O)(=O)N1CCCNCC1. The van der Waals surface area contributed by atoms with Crippen molar-refractivity contribution in [1.29, 1.82) is 0 Å². The Labute approximate surface area is 114 Å². The van der Waals surface area contributed by atoms with Gasteiger partial charge in [-0.3, -0.25) is 4.98 Å². The highest BCUT2D eigenvalue weighted by atomic mass is 32.2. The minimum atomic E-state index is -3.38. The summed E-state index contributed by atoms with van der Waals surface area (Å²) in [6, 6.07) is 3.66. The van der Waals surface area contributed by atoms with Crippen LogP contribution in [0.25, 0.3) is 0 Å². The summed E-state index contributed by atoms with van der Waals surface area (Å²) >= 11 is 0. The van der Waals surface area contributed by atoms with Gasteiger partial charge in [0, 0.05) is 45.6 Å². The van der Waals surface area contributed by atoms with Gasteiger partial charge in [0.25, 0.3) is 10.2 Å². The van der Waals surface area contributed by atoms with Gasteiger partial charge >= 0.3 is 0 Å². The molecule has 1 saturated heterocycles. The van der Waals surface area contributed by atoms with Crippen molar-refractivity contribution in [1.82, 2.24) is 18.9 Å². The van der Waals surface area contributed by atoms with Crippen LogP contribution in [0.2, 0.25) is 0 Å². The molecule has 19 heavy (non-hydrogen) atoms. The lowest BCUT2D eigenvalue weighted by Crippen LogP contribution is -2.43. The maximum absolute atomic E-state index is 12.5. The van der Waals surface area contributed by atoms with Crippen LogP contribution < -0.4 is 5.32 Å². The summed E-state index contributed by atoms with van der Waals surface area (Å²) < 4.78 is 27.8. The molecule has 0 aliphatic carbocycles. The van der Waals surface area contributed by atoms with E-state index in [1.54, 1.807) is 23.7 Å². The summed E-state index contributed by atoms with van der Waals surface area (Å²) in [5.74, 6) is 0. The van der Waals surface area contributed by atoms with E-state index < -0.39 is 10.2 Å². The monoisotopic (exact) mass is 284 g/mol. The minimum Gasteiger partial charge on any atom is -0.315 e. The number of nitrogens with zero attached hydrogens (tertiary/aromatic N) is 3. The van der Waals surface area contributed by atoms with E-state index in [1.807, 2.05) is 12.1 Å². The van der Waals surface area contributed by atoms with Gasteiger partial charge in [-0.2, -0.15) is 17.0 Å². The molecule has 1 fully saturated rings. The van der Waals surface area contributed by atoms with Gasteiger partial charge < -0.3 is 5.32 Å². The van der Waals surface area contributed by atoms with Gasteiger partial charge in [-0.25, -0.2) is 0 Å². The molecular weight excluding hydrogens is 264 g/mol. The summed E-state index contributed by atoms with van der Waals surface area (Å²) in [7, 11) is -1.76. The topological polar surface area (TPSA) is 65.5 Å². The van der Waals surface area contributed by atoms with E-state index in [9.17, 15) is 8.42 Å². The van der Waals surface area contributed by atoms with Gasteiger partial charge in [0.15, 0.2) is 0 Å². The predicted octanol–water partition coefficient (Wildman–Crippen LogP) is 0.0535. The Balaban J connectivity index is 2.05. The molecule has 1 aliphatic heterocycles. The van der Waals surface area contributed by atoms with Gasteiger partial charge in [0.2, 0.25) is 0 Å². The zero-order valence-electron chi connectivity index (χ0n) is 11.1. The molecule has 0 aromatic carbocycles. The van der Waals surface area contributed by atoms with Crippen LogP contribution in [0.15, 0.2) is 24.5 Å². The molecule has 0 amide bonds. The molecule has 2 heterocycles. The Hall–Kier alpha value is -1.02. The van der Waals surface area contributed by atoms with Crippen LogP contribution in [0.3, 0.4) is 0 Å². The zero-order chi connectivity index (χ0) is 13.7. The average molecular weight is 284 g/mol. The standard InChI is InChI=1S/C12H20N4O2S/c1-15(11-12-3-6-14-7-4-12)19(17,18)16-9-2-5-13-8-10-16/h3-4,6-7,13H,2,5,8-11H2,1H3. The van der Waals surface area contributed by atoms with Gasteiger partial charge in [0.05, 0.1) is 0 Å². The summed E-state index contributed by atoms with van der Waals surface area (Å²) in [6.45, 7) is 3.07. The second kappa shape index (κ2) is 6.42. The normalized spacial score (nSPS) is 18.4. The highest BCUT2D eigenvalue weighted by Gasteiger charge is 2.27. The molecular formula is C12H20N4O2S. The first-order valence-corrected chi connectivity index (χ1v) is 7.81. The number of nitrogens with one attached hydrogen (secondary N) is 1. The molecule has 7 heteroatoms. The molecule has 0 bridgehead atoms. The van der Waals surface area contributed by atoms with E-state index in [2.05, 4.69) is 10.3 Å². The molecule has 0 radical (unpaired) electrons. The van der Waals surface area contributed by atoms with E-state index in [1.165, 1.54) is 4.31 Å². The number of aromatic nitrogens is 1. The van der Waals surface area contributed by atoms with E-state index in [4.69, 9.17) is 0 Å². The smallest absolute Gasteiger partial charge is 0.282 e. The first-order valence-electron chi connectivity index (χ1n) is 6.42. The molecule has 1 N–H and O–H groups in total.